The van der Waals surface area contributed by atoms with E-state index in [1.165, 1.54) is 11.1 Å². The number of fused-ring (bicyclic) bond motifs is 2. The van der Waals surface area contributed by atoms with Gasteiger partial charge in [-0.3, -0.25) is 0 Å². The minimum atomic E-state index is 0.416. The number of hydrogen-bond donors (Lipinski definition) is 0. The van der Waals surface area contributed by atoms with Gasteiger partial charge >= 0.3 is 0 Å². The monoisotopic (exact) mass is 318 g/mol. The van der Waals surface area contributed by atoms with Crippen LogP contribution in [-0.4, -0.2) is 19.0 Å². The predicted octanol–water partition coefficient (Wildman–Crippen LogP) is 4.45. The molecule has 0 amide bonds. The van der Waals surface area contributed by atoms with E-state index in [4.69, 9.17) is 4.98 Å². The molecule has 1 atom stereocenters. The van der Waals surface area contributed by atoms with Crippen molar-refractivity contribution in [2.75, 3.05) is 0 Å². The molecule has 0 saturated heterocycles. The molecule has 4 heteroatoms. The zero-order valence-electron chi connectivity index (χ0n) is 14.3. The summed E-state index contributed by atoms with van der Waals surface area (Å²) in [4.78, 5) is 4.78. The van der Waals surface area contributed by atoms with Crippen molar-refractivity contribution in [2.24, 2.45) is 0 Å². The fourth-order valence-corrected chi connectivity index (χ4v) is 3.18. The van der Waals surface area contributed by atoms with Gasteiger partial charge < -0.3 is 4.40 Å². The van der Waals surface area contributed by atoms with E-state index in [1.54, 1.807) is 0 Å². The van der Waals surface area contributed by atoms with Crippen LogP contribution in [0.15, 0.2) is 55.1 Å². The lowest BCUT2D eigenvalue weighted by Gasteiger charge is -2.10. The molecule has 4 nitrogen and oxygen atoms in total. The molecule has 0 aliphatic rings. The number of rotatable bonds is 4. The highest BCUT2D eigenvalue weighted by molar-refractivity contribution is 5.48. The maximum absolute atomic E-state index is 4.78. The Labute approximate surface area is 141 Å². The van der Waals surface area contributed by atoms with Gasteiger partial charge in [0, 0.05) is 24.8 Å². The van der Waals surface area contributed by atoms with Crippen LogP contribution >= 0.6 is 0 Å². The van der Waals surface area contributed by atoms with Gasteiger partial charge in [-0.2, -0.15) is 5.10 Å². The number of imidazole rings is 1. The summed E-state index contributed by atoms with van der Waals surface area (Å²) < 4.78 is 4.05. The van der Waals surface area contributed by atoms with Gasteiger partial charge in [0.15, 0.2) is 0 Å². The Morgan fingerprint density at radius 3 is 2.71 bits per heavy atom. The van der Waals surface area contributed by atoms with E-state index in [9.17, 15) is 0 Å². The van der Waals surface area contributed by atoms with Crippen molar-refractivity contribution in [2.45, 2.75) is 39.0 Å². The summed E-state index contributed by atoms with van der Waals surface area (Å²) in [6, 6.07) is 10.7. The summed E-state index contributed by atoms with van der Waals surface area (Å²) in [5, 5.41) is 4.26. The van der Waals surface area contributed by atoms with E-state index in [2.05, 4.69) is 66.9 Å². The van der Waals surface area contributed by atoms with Gasteiger partial charge in [-0.25, -0.2) is 9.50 Å². The molecule has 0 radical (unpaired) electrons. The zero-order valence-corrected chi connectivity index (χ0v) is 14.3. The molecule has 4 aromatic rings. The van der Waals surface area contributed by atoms with Crippen LogP contribution in [0.5, 0.6) is 0 Å². The molecule has 0 saturated carbocycles. The average molecular weight is 318 g/mol. The molecule has 0 aromatic carbocycles. The molecule has 4 rings (SSSR count). The number of pyridine rings is 2. The molecular formula is C20H22N4. The van der Waals surface area contributed by atoms with E-state index in [0.717, 1.165) is 23.3 Å². The second-order valence-electron chi connectivity index (χ2n) is 6.88. The number of nitrogens with zero attached hydrogens (tertiary/aromatic N) is 4. The normalized spacial score (nSPS) is 13.2. The minimum Gasteiger partial charge on any atom is -0.307 e. The van der Waals surface area contributed by atoms with Crippen molar-refractivity contribution < 1.29 is 0 Å². The van der Waals surface area contributed by atoms with Gasteiger partial charge in [0.25, 0.3) is 0 Å². The Morgan fingerprint density at radius 2 is 1.88 bits per heavy atom. The summed E-state index contributed by atoms with van der Waals surface area (Å²) in [6.45, 7) is 6.69. The Morgan fingerprint density at radius 1 is 1.00 bits per heavy atom. The lowest BCUT2D eigenvalue weighted by atomic mass is 9.97. The highest BCUT2D eigenvalue weighted by Gasteiger charge is 2.11. The van der Waals surface area contributed by atoms with Crippen LogP contribution in [0.2, 0.25) is 0 Å². The van der Waals surface area contributed by atoms with Crippen molar-refractivity contribution in [1.29, 1.82) is 0 Å². The first-order chi connectivity index (χ1) is 11.6. The molecule has 4 heterocycles. The smallest absolute Gasteiger partial charge is 0.136 e. The van der Waals surface area contributed by atoms with Crippen molar-refractivity contribution in [1.82, 2.24) is 19.0 Å². The zero-order chi connectivity index (χ0) is 16.7. The summed E-state index contributed by atoms with van der Waals surface area (Å²) in [5.74, 6) is 0.945. The Bertz CT molecular complexity index is 993. The standard InChI is InChI=1S/C20H22N4/c1-14(2)17-4-5-20-22-18(13-23(20)12-17)10-15(3)16-7-9-24-19(11-16)6-8-21-24/h4-9,11-15H,10H2,1-3H3/t15-/m1/s1. The third-order valence-corrected chi connectivity index (χ3v) is 4.70. The first kappa shape index (κ1) is 14.9. The van der Waals surface area contributed by atoms with E-state index in [-0.39, 0.29) is 0 Å². The van der Waals surface area contributed by atoms with Crippen LogP contribution in [0.4, 0.5) is 0 Å². The molecule has 4 aromatic heterocycles. The molecule has 0 N–H and O–H groups in total. The summed E-state index contributed by atoms with van der Waals surface area (Å²) in [5.41, 5.74) is 5.95. The Balaban J connectivity index is 1.60. The van der Waals surface area contributed by atoms with Gasteiger partial charge in [-0.15, -0.1) is 0 Å². The Hall–Kier alpha value is -2.62. The number of hydrogen-bond acceptors (Lipinski definition) is 2. The van der Waals surface area contributed by atoms with Gasteiger partial charge in [0.1, 0.15) is 5.65 Å². The SMILES string of the molecule is CC(C)c1ccc2nc(C[C@@H](C)c3ccn4nccc4c3)cn2c1. The van der Waals surface area contributed by atoms with Crippen LogP contribution in [0.25, 0.3) is 11.2 Å². The highest BCUT2D eigenvalue weighted by atomic mass is 15.2. The fraction of sp³-hybridized carbons (Fsp3) is 0.300. The van der Waals surface area contributed by atoms with Crippen LogP contribution in [0.1, 0.15) is 49.4 Å². The molecule has 0 fully saturated rings. The molecule has 0 unspecified atom stereocenters. The third kappa shape index (κ3) is 2.68. The maximum Gasteiger partial charge on any atom is 0.136 e. The predicted molar refractivity (Wildman–Crippen MR) is 96.6 cm³/mol. The molecular weight excluding hydrogens is 296 g/mol. The topological polar surface area (TPSA) is 34.6 Å². The first-order valence-corrected chi connectivity index (χ1v) is 8.51. The van der Waals surface area contributed by atoms with E-state index >= 15 is 0 Å². The fourth-order valence-electron chi connectivity index (χ4n) is 3.18. The van der Waals surface area contributed by atoms with Gasteiger partial charge in [-0.05, 0) is 53.6 Å². The van der Waals surface area contributed by atoms with Crippen molar-refractivity contribution in [3.63, 3.8) is 0 Å². The average Bonchev–Trinajstić information content (AvgIpc) is 3.18. The molecule has 122 valence electrons. The van der Waals surface area contributed by atoms with Crippen LogP contribution in [0, 0.1) is 0 Å². The Kier molecular flexibility index (Phi) is 3.60. The van der Waals surface area contributed by atoms with Crippen molar-refractivity contribution in [3.8, 4) is 0 Å². The molecule has 0 aliphatic heterocycles. The lowest BCUT2D eigenvalue weighted by molar-refractivity contribution is 0.742. The summed E-state index contributed by atoms with van der Waals surface area (Å²) in [6.07, 6.45) is 9.15. The summed E-state index contributed by atoms with van der Waals surface area (Å²) >= 11 is 0. The minimum absolute atomic E-state index is 0.416. The van der Waals surface area contributed by atoms with Gasteiger partial charge in [-0.1, -0.05) is 26.8 Å². The lowest BCUT2D eigenvalue weighted by Crippen LogP contribution is -2.00. The van der Waals surface area contributed by atoms with Gasteiger partial charge in [0.2, 0.25) is 0 Å². The van der Waals surface area contributed by atoms with Gasteiger partial charge in [0.05, 0.1) is 11.2 Å². The quantitative estimate of drug-likeness (QED) is 0.557. The number of aromatic nitrogens is 4. The molecule has 0 bridgehead atoms. The highest BCUT2D eigenvalue weighted by Crippen LogP contribution is 2.22. The van der Waals surface area contributed by atoms with Crippen LogP contribution in [0.3, 0.4) is 0 Å². The van der Waals surface area contributed by atoms with Crippen LogP contribution in [-0.2, 0) is 6.42 Å². The van der Waals surface area contributed by atoms with E-state index in [1.807, 2.05) is 23.0 Å². The van der Waals surface area contributed by atoms with Crippen LogP contribution < -0.4 is 0 Å². The summed E-state index contributed by atoms with van der Waals surface area (Å²) in [7, 11) is 0. The van der Waals surface area contributed by atoms with E-state index in [0.29, 0.717) is 11.8 Å². The molecule has 24 heavy (non-hydrogen) atoms. The maximum atomic E-state index is 4.78. The molecule has 0 spiro atoms. The second-order valence-corrected chi connectivity index (χ2v) is 6.88. The molecule has 0 aliphatic carbocycles. The third-order valence-electron chi connectivity index (χ3n) is 4.70. The largest absolute Gasteiger partial charge is 0.307 e. The van der Waals surface area contributed by atoms with Crippen molar-refractivity contribution >= 4 is 11.2 Å². The van der Waals surface area contributed by atoms with Crippen molar-refractivity contribution in [3.05, 3.63) is 71.9 Å². The first-order valence-electron chi connectivity index (χ1n) is 8.51. The van der Waals surface area contributed by atoms with E-state index < -0.39 is 0 Å². The second kappa shape index (κ2) is 5.78.